The molecule has 0 aliphatic heterocycles. The minimum Gasteiger partial charge on any atom is -0.292 e. The van der Waals surface area contributed by atoms with Crippen molar-refractivity contribution in [3.05, 3.63) is 86.8 Å². The molecule has 2 aromatic carbocycles. The third-order valence-corrected chi connectivity index (χ3v) is 5.41. The molecule has 0 unspecified atom stereocenters. The van der Waals surface area contributed by atoms with E-state index in [4.69, 9.17) is 11.6 Å². The highest BCUT2D eigenvalue weighted by atomic mass is 35.5. The fraction of sp³-hybridized carbons (Fsp3) is 0.111. The molecule has 0 saturated carbocycles. The molecule has 0 radical (unpaired) electrons. The Balaban J connectivity index is 1.88. The molecule has 0 spiro atoms. The van der Waals surface area contributed by atoms with Crippen LogP contribution in [0.3, 0.4) is 0 Å². The summed E-state index contributed by atoms with van der Waals surface area (Å²) in [4.78, 5) is 19.1. The van der Waals surface area contributed by atoms with Gasteiger partial charge in [-0.1, -0.05) is 41.9 Å². The van der Waals surface area contributed by atoms with E-state index in [1.807, 2.05) is 30.3 Å². The van der Waals surface area contributed by atoms with E-state index in [2.05, 4.69) is 14.7 Å². The van der Waals surface area contributed by atoms with Gasteiger partial charge in [-0.25, -0.2) is 18.1 Å². The molecule has 1 heterocycles. The van der Waals surface area contributed by atoms with Crippen LogP contribution in [-0.4, -0.2) is 18.4 Å². The molecule has 0 amide bonds. The first-order valence-electron chi connectivity index (χ1n) is 7.77. The lowest BCUT2D eigenvalue weighted by Crippen LogP contribution is -2.22. The van der Waals surface area contributed by atoms with Crippen molar-refractivity contribution >= 4 is 27.6 Å². The van der Waals surface area contributed by atoms with Gasteiger partial charge in [0.15, 0.2) is 0 Å². The second-order valence-electron chi connectivity index (χ2n) is 5.70. The molecule has 134 valence electrons. The fourth-order valence-electron chi connectivity index (χ4n) is 2.47. The lowest BCUT2D eigenvalue weighted by Gasteiger charge is -2.10. The summed E-state index contributed by atoms with van der Waals surface area (Å²) < 4.78 is 27.1. The smallest absolute Gasteiger partial charge is 0.264 e. The third kappa shape index (κ3) is 4.12. The van der Waals surface area contributed by atoms with E-state index in [9.17, 15) is 13.2 Å². The van der Waals surface area contributed by atoms with Gasteiger partial charge in [0.25, 0.3) is 15.6 Å². The average molecular weight is 390 g/mol. The first-order chi connectivity index (χ1) is 12.3. The molecule has 0 aliphatic carbocycles. The van der Waals surface area contributed by atoms with E-state index >= 15 is 0 Å². The van der Waals surface area contributed by atoms with E-state index in [0.717, 1.165) is 5.56 Å². The van der Waals surface area contributed by atoms with E-state index in [0.29, 0.717) is 22.7 Å². The summed E-state index contributed by atoms with van der Waals surface area (Å²) in [6.45, 7) is 1.67. The van der Waals surface area contributed by atoms with Crippen LogP contribution in [0.2, 0.25) is 5.02 Å². The third-order valence-electron chi connectivity index (χ3n) is 3.80. The normalized spacial score (nSPS) is 11.3. The Bertz CT molecular complexity index is 1080. The Hall–Kier alpha value is -2.64. The lowest BCUT2D eigenvalue weighted by atomic mass is 10.1. The number of nitrogens with one attached hydrogen (secondary N) is 2. The van der Waals surface area contributed by atoms with Crippen LogP contribution >= 0.6 is 11.6 Å². The molecule has 0 saturated heterocycles. The predicted octanol–water partition coefficient (Wildman–Crippen LogP) is 3.12. The van der Waals surface area contributed by atoms with Gasteiger partial charge in [0, 0.05) is 17.0 Å². The molecule has 1 aromatic heterocycles. The minimum atomic E-state index is -3.88. The Morgan fingerprint density at radius 2 is 1.73 bits per heavy atom. The number of aromatic amines is 1. The molecule has 0 aliphatic rings. The summed E-state index contributed by atoms with van der Waals surface area (Å²) in [7, 11) is -3.88. The van der Waals surface area contributed by atoms with Crippen molar-refractivity contribution in [2.45, 2.75) is 18.2 Å². The molecule has 3 aromatic rings. The van der Waals surface area contributed by atoms with Gasteiger partial charge in [-0.2, -0.15) is 0 Å². The second-order valence-corrected chi connectivity index (χ2v) is 7.82. The molecule has 26 heavy (non-hydrogen) atoms. The van der Waals surface area contributed by atoms with E-state index in [1.54, 1.807) is 6.92 Å². The molecular weight excluding hydrogens is 374 g/mol. The SMILES string of the molecule is Cc1nc(NS(=O)(=O)c2ccc(Cl)cc2)[nH]c(=O)c1Cc1ccccc1. The Labute approximate surface area is 155 Å². The lowest BCUT2D eigenvalue weighted by molar-refractivity contribution is 0.600. The van der Waals surface area contributed by atoms with Gasteiger partial charge in [0.1, 0.15) is 0 Å². The van der Waals surface area contributed by atoms with Crippen molar-refractivity contribution in [1.82, 2.24) is 9.97 Å². The number of nitrogens with zero attached hydrogens (tertiary/aromatic N) is 1. The minimum absolute atomic E-state index is 0.0237. The summed E-state index contributed by atoms with van der Waals surface area (Å²) in [6, 6.07) is 15.2. The van der Waals surface area contributed by atoms with Crippen molar-refractivity contribution in [3.8, 4) is 0 Å². The summed E-state index contributed by atoms with van der Waals surface area (Å²) in [6.07, 6.45) is 0.416. The van der Waals surface area contributed by atoms with Gasteiger partial charge in [0.2, 0.25) is 5.95 Å². The molecule has 8 heteroatoms. The monoisotopic (exact) mass is 389 g/mol. The fourth-order valence-corrected chi connectivity index (χ4v) is 3.56. The van der Waals surface area contributed by atoms with Gasteiger partial charge in [-0.05, 0) is 36.8 Å². The maximum absolute atomic E-state index is 12.4. The van der Waals surface area contributed by atoms with Crippen LogP contribution in [0.4, 0.5) is 5.95 Å². The van der Waals surface area contributed by atoms with Crippen LogP contribution in [0.15, 0.2) is 64.3 Å². The number of aryl methyl sites for hydroxylation is 1. The molecule has 0 atom stereocenters. The van der Waals surface area contributed by atoms with Crippen molar-refractivity contribution in [3.63, 3.8) is 0 Å². The van der Waals surface area contributed by atoms with Gasteiger partial charge in [-0.3, -0.25) is 9.78 Å². The van der Waals surface area contributed by atoms with Crippen molar-refractivity contribution in [2.75, 3.05) is 4.72 Å². The van der Waals surface area contributed by atoms with Gasteiger partial charge < -0.3 is 0 Å². The highest BCUT2D eigenvalue weighted by Crippen LogP contribution is 2.17. The van der Waals surface area contributed by atoms with Crippen molar-refractivity contribution < 1.29 is 8.42 Å². The predicted molar refractivity (Wildman–Crippen MR) is 101 cm³/mol. The zero-order chi connectivity index (χ0) is 18.7. The van der Waals surface area contributed by atoms with Crippen LogP contribution < -0.4 is 10.3 Å². The number of rotatable bonds is 5. The first-order valence-corrected chi connectivity index (χ1v) is 9.63. The quantitative estimate of drug-likeness (QED) is 0.701. The molecular formula is C18H16ClN3O3S. The summed E-state index contributed by atoms with van der Waals surface area (Å²) in [5.41, 5.74) is 1.55. The topological polar surface area (TPSA) is 91.9 Å². The highest BCUT2D eigenvalue weighted by Gasteiger charge is 2.17. The maximum atomic E-state index is 12.4. The molecule has 6 nitrogen and oxygen atoms in total. The number of sulfonamides is 1. The summed E-state index contributed by atoms with van der Waals surface area (Å²) >= 11 is 5.77. The number of halogens is 1. The van der Waals surface area contributed by atoms with E-state index in [1.165, 1.54) is 24.3 Å². The zero-order valence-corrected chi connectivity index (χ0v) is 15.4. The second kappa shape index (κ2) is 7.31. The number of hydrogen-bond donors (Lipinski definition) is 2. The van der Waals surface area contributed by atoms with Crippen molar-refractivity contribution in [2.24, 2.45) is 0 Å². The highest BCUT2D eigenvalue weighted by molar-refractivity contribution is 7.92. The Morgan fingerprint density at radius 1 is 1.08 bits per heavy atom. The number of H-pyrrole nitrogens is 1. The number of anilines is 1. The van der Waals surface area contributed by atoms with Gasteiger partial charge in [-0.15, -0.1) is 0 Å². The zero-order valence-electron chi connectivity index (χ0n) is 13.9. The summed E-state index contributed by atoms with van der Waals surface area (Å²) in [5.74, 6) is -0.126. The first kappa shape index (κ1) is 18.2. The van der Waals surface area contributed by atoms with Crippen LogP contribution in [0.5, 0.6) is 0 Å². The van der Waals surface area contributed by atoms with Crippen LogP contribution in [0.25, 0.3) is 0 Å². The number of benzene rings is 2. The van der Waals surface area contributed by atoms with Gasteiger partial charge in [0.05, 0.1) is 10.6 Å². The van der Waals surface area contributed by atoms with Crippen LogP contribution in [0, 0.1) is 6.92 Å². The van der Waals surface area contributed by atoms with Crippen LogP contribution in [0.1, 0.15) is 16.8 Å². The Kier molecular flexibility index (Phi) is 5.11. The standard InChI is InChI=1S/C18H16ClN3O3S/c1-12-16(11-13-5-3-2-4-6-13)17(23)21-18(20-12)22-26(24,25)15-9-7-14(19)8-10-15/h2-10H,11H2,1H3,(H2,20,21,22,23). The Morgan fingerprint density at radius 3 is 2.35 bits per heavy atom. The van der Waals surface area contributed by atoms with E-state index < -0.39 is 10.0 Å². The number of hydrogen-bond acceptors (Lipinski definition) is 4. The summed E-state index contributed by atoms with van der Waals surface area (Å²) in [5, 5.41) is 0.427. The molecule has 3 rings (SSSR count). The largest absolute Gasteiger partial charge is 0.292 e. The van der Waals surface area contributed by atoms with Crippen LogP contribution in [-0.2, 0) is 16.4 Å². The van der Waals surface area contributed by atoms with E-state index in [-0.39, 0.29) is 16.4 Å². The molecule has 0 bridgehead atoms. The van der Waals surface area contributed by atoms with Crippen molar-refractivity contribution in [1.29, 1.82) is 0 Å². The molecule has 0 fully saturated rings. The van der Waals surface area contributed by atoms with Gasteiger partial charge >= 0.3 is 0 Å². The number of aromatic nitrogens is 2. The average Bonchev–Trinajstić information content (AvgIpc) is 2.59. The maximum Gasteiger partial charge on any atom is 0.264 e. The molecule has 2 N–H and O–H groups in total.